The van der Waals surface area contributed by atoms with E-state index in [0.29, 0.717) is 6.54 Å². The molecule has 1 aromatic rings. The monoisotopic (exact) mass is 325 g/mol. The van der Waals surface area contributed by atoms with Crippen molar-refractivity contribution in [3.8, 4) is 0 Å². The van der Waals surface area contributed by atoms with Crippen LogP contribution < -0.4 is 5.32 Å². The van der Waals surface area contributed by atoms with Gasteiger partial charge in [0.1, 0.15) is 11.5 Å². The third-order valence-electron chi connectivity index (χ3n) is 3.93. The minimum Gasteiger partial charge on any atom is -0.483 e. The van der Waals surface area contributed by atoms with Crippen LogP contribution in [0, 0.1) is 6.92 Å². The quantitative estimate of drug-likeness (QED) is 0.771. The lowest BCUT2D eigenvalue weighted by Gasteiger charge is -2.35. The Hall–Kier alpha value is -1.86. The van der Waals surface area contributed by atoms with Crippen molar-refractivity contribution in [2.24, 2.45) is 0 Å². The van der Waals surface area contributed by atoms with E-state index in [-0.39, 0.29) is 18.4 Å². The van der Waals surface area contributed by atoms with E-state index in [0.717, 1.165) is 44.1 Å². The average molecular weight is 325 g/mol. The highest BCUT2D eigenvalue weighted by molar-refractivity contribution is 5.81. The van der Waals surface area contributed by atoms with E-state index in [1.54, 1.807) is 0 Å². The molecule has 0 saturated carbocycles. The summed E-state index contributed by atoms with van der Waals surface area (Å²) in [6, 6.07) is 3.86. The third-order valence-corrected chi connectivity index (χ3v) is 3.93. The Bertz CT molecular complexity index is 481. The number of piperazine rings is 1. The van der Waals surface area contributed by atoms with Gasteiger partial charge in [0.25, 0.3) is 6.47 Å². The molecule has 2 rings (SSSR count). The largest absolute Gasteiger partial charge is 0.483 e. The second-order valence-electron chi connectivity index (χ2n) is 5.67. The van der Waals surface area contributed by atoms with Crippen molar-refractivity contribution >= 4 is 12.4 Å². The number of aryl methyl sites for hydroxylation is 1. The second-order valence-corrected chi connectivity index (χ2v) is 5.67. The number of carbonyl (C=O) groups is 2. The van der Waals surface area contributed by atoms with E-state index in [9.17, 15) is 4.79 Å². The minimum atomic E-state index is -0.250. The highest BCUT2D eigenvalue weighted by Crippen LogP contribution is 2.07. The van der Waals surface area contributed by atoms with E-state index in [2.05, 4.69) is 22.2 Å². The fourth-order valence-electron chi connectivity index (χ4n) is 2.45. The van der Waals surface area contributed by atoms with Crippen molar-refractivity contribution in [2.75, 3.05) is 39.8 Å². The lowest BCUT2D eigenvalue weighted by Crippen LogP contribution is -2.53. The van der Waals surface area contributed by atoms with Gasteiger partial charge in [-0.1, -0.05) is 0 Å². The molecule has 130 valence electrons. The summed E-state index contributed by atoms with van der Waals surface area (Å²) in [5.74, 6) is 1.95. The molecule has 7 heteroatoms. The maximum Gasteiger partial charge on any atom is 0.290 e. The number of hydrogen-bond donors (Lipinski definition) is 2. The summed E-state index contributed by atoms with van der Waals surface area (Å²) in [5.41, 5.74) is 0. The van der Waals surface area contributed by atoms with E-state index >= 15 is 0 Å². The molecule has 1 unspecified atom stereocenters. The zero-order valence-electron chi connectivity index (χ0n) is 14.1. The summed E-state index contributed by atoms with van der Waals surface area (Å²) < 4.78 is 5.49. The van der Waals surface area contributed by atoms with Gasteiger partial charge in [0.05, 0.1) is 6.04 Å². The number of hydrogen-bond acceptors (Lipinski definition) is 5. The molecule has 0 bridgehead atoms. The number of amides is 1. The van der Waals surface area contributed by atoms with Crippen molar-refractivity contribution in [3.63, 3.8) is 0 Å². The SMILES string of the molecule is Cc1ccc(CCNC(=O)C(C)N2CCN(C)CC2)o1.O=CO. The normalized spacial score (nSPS) is 17.0. The van der Waals surface area contributed by atoms with Crippen LogP contribution in [0.4, 0.5) is 0 Å². The van der Waals surface area contributed by atoms with E-state index < -0.39 is 0 Å². The van der Waals surface area contributed by atoms with Gasteiger partial charge in [0.2, 0.25) is 5.91 Å². The lowest BCUT2D eigenvalue weighted by atomic mass is 10.2. The van der Waals surface area contributed by atoms with Crippen molar-refractivity contribution in [1.82, 2.24) is 15.1 Å². The number of nitrogens with zero attached hydrogens (tertiary/aromatic N) is 2. The van der Waals surface area contributed by atoms with Gasteiger partial charge in [-0.3, -0.25) is 14.5 Å². The molecule has 1 atom stereocenters. The van der Waals surface area contributed by atoms with Crippen molar-refractivity contribution in [1.29, 1.82) is 0 Å². The highest BCUT2D eigenvalue weighted by Gasteiger charge is 2.23. The fourth-order valence-corrected chi connectivity index (χ4v) is 2.45. The molecule has 0 aliphatic carbocycles. The first-order valence-corrected chi connectivity index (χ1v) is 7.81. The molecule has 1 fully saturated rings. The van der Waals surface area contributed by atoms with E-state index in [1.165, 1.54) is 0 Å². The average Bonchev–Trinajstić information content (AvgIpc) is 2.93. The van der Waals surface area contributed by atoms with Crippen molar-refractivity contribution in [2.45, 2.75) is 26.3 Å². The van der Waals surface area contributed by atoms with Crippen LogP contribution in [0.15, 0.2) is 16.5 Å². The van der Waals surface area contributed by atoms with Gasteiger partial charge < -0.3 is 19.7 Å². The minimum absolute atomic E-state index is 0.0537. The number of carbonyl (C=O) groups excluding carboxylic acids is 1. The first-order chi connectivity index (χ1) is 11.0. The van der Waals surface area contributed by atoms with Gasteiger partial charge in [-0.25, -0.2) is 0 Å². The first kappa shape index (κ1) is 19.2. The van der Waals surface area contributed by atoms with Crippen LogP contribution in [-0.2, 0) is 16.0 Å². The molecule has 1 aliphatic heterocycles. The smallest absolute Gasteiger partial charge is 0.290 e. The van der Waals surface area contributed by atoms with E-state index in [4.69, 9.17) is 14.3 Å². The Morgan fingerprint density at radius 3 is 2.52 bits per heavy atom. The Morgan fingerprint density at radius 1 is 1.39 bits per heavy atom. The highest BCUT2D eigenvalue weighted by atomic mass is 16.3. The van der Waals surface area contributed by atoms with Crippen molar-refractivity contribution in [3.05, 3.63) is 23.7 Å². The third kappa shape index (κ3) is 6.83. The Morgan fingerprint density at radius 2 is 2.00 bits per heavy atom. The molecule has 23 heavy (non-hydrogen) atoms. The van der Waals surface area contributed by atoms with Gasteiger partial charge in [0.15, 0.2) is 0 Å². The zero-order valence-corrected chi connectivity index (χ0v) is 14.1. The molecule has 1 aliphatic rings. The van der Waals surface area contributed by atoms with Crippen molar-refractivity contribution < 1.29 is 19.1 Å². The fraction of sp³-hybridized carbons (Fsp3) is 0.625. The van der Waals surface area contributed by atoms with Crippen LogP contribution in [-0.4, -0.2) is 73.1 Å². The molecule has 2 heterocycles. The Labute approximate surface area is 137 Å². The van der Waals surface area contributed by atoms with Gasteiger partial charge in [-0.2, -0.15) is 0 Å². The van der Waals surface area contributed by atoms with Crippen LogP contribution in [0.3, 0.4) is 0 Å². The number of nitrogens with one attached hydrogen (secondary N) is 1. The van der Waals surface area contributed by atoms with Gasteiger partial charge >= 0.3 is 0 Å². The summed E-state index contributed by atoms with van der Waals surface area (Å²) in [5, 5.41) is 9.88. The predicted molar refractivity (Wildman–Crippen MR) is 87.4 cm³/mol. The molecule has 1 aromatic heterocycles. The van der Waals surface area contributed by atoms with Gasteiger partial charge in [-0.15, -0.1) is 0 Å². The maximum atomic E-state index is 12.1. The number of furan rings is 1. The van der Waals surface area contributed by atoms with Gasteiger partial charge in [0, 0.05) is 39.1 Å². The van der Waals surface area contributed by atoms with E-state index in [1.807, 2.05) is 26.0 Å². The lowest BCUT2D eigenvalue weighted by molar-refractivity contribution is -0.126. The molecule has 2 N–H and O–H groups in total. The standard InChI is InChI=1S/C15H25N3O2.CH2O2/c1-12-4-5-14(20-12)6-7-16-15(19)13(2)18-10-8-17(3)9-11-18;2-1-3/h4-5,13H,6-11H2,1-3H3,(H,16,19);1H,(H,2,3). The number of likely N-dealkylation sites (N-methyl/N-ethyl adjacent to an activating group) is 1. The zero-order chi connectivity index (χ0) is 17.2. The summed E-state index contributed by atoms with van der Waals surface area (Å²) in [7, 11) is 2.12. The topological polar surface area (TPSA) is 86.0 Å². The van der Waals surface area contributed by atoms with Crippen LogP contribution in [0.25, 0.3) is 0 Å². The summed E-state index contributed by atoms with van der Waals surface area (Å²) in [6.45, 7) is 8.27. The van der Waals surface area contributed by atoms with Gasteiger partial charge in [-0.05, 0) is 33.0 Å². The maximum absolute atomic E-state index is 12.1. The van der Waals surface area contributed by atoms with Crippen LogP contribution >= 0.6 is 0 Å². The number of rotatable bonds is 5. The van der Waals surface area contributed by atoms with Crippen LogP contribution in [0.1, 0.15) is 18.4 Å². The summed E-state index contributed by atoms with van der Waals surface area (Å²) >= 11 is 0. The summed E-state index contributed by atoms with van der Waals surface area (Å²) in [4.78, 5) is 25.0. The Kier molecular flexibility index (Phi) is 8.36. The summed E-state index contributed by atoms with van der Waals surface area (Å²) in [6.07, 6.45) is 0.745. The first-order valence-electron chi connectivity index (χ1n) is 7.81. The number of carboxylic acid groups (broad SMARTS) is 1. The molecule has 1 saturated heterocycles. The molecule has 1 amide bonds. The molecule has 0 aromatic carbocycles. The molecule has 0 radical (unpaired) electrons. The van der Waals surface area contributed by atoms with Crippen LogP contribution in [0.2, 0.25) is 0 Å². The molecule has 7 nitrogen and oxygen atoms in total. The Balaban J connectivity index is 0.000000816. The molecule has 0 spiro atoms. The second kappa shape index (κ2) is 10.0. The molecular weight excluding hydrogens is 298 g/mol. The predicted octanol–water partition coefficient (Wildman–Crippen LogP) is 0.583. The van der Waals surface area contributed by atoms with Crippen LogP contribution in [0.5, 0.6) is 0 Å². The molecular formula is C16H27N3O4.